The largest absolute Gasteiger partial charge is 0.271 e. The molecular weight excluding hydrogens is 260 g/mol. The predicted octanol–water partition coefficient (Wildman–Crippen LogP) is 3.45. The summed E-state index contributed by atoms with van der Waals surface area (Å²) in [7, 11) is 0. The molecule has 0 fully saturated rings. The predicted molar refractivity (Wildman–Crippen MR) is 66.2 cm³/mol. The van der Waals surface area contributed by atoms with E-state index in [1.54, 1.807) is 11.3 Å². The molecule has 2 nitrogen and oxygen atoms in total. The molecule has 0 radical (unpaired) electrons. The van der Waals surface area contributed by atoms with E-state index in [-0.39, 0.29) is 0 Å². The maximum absolute atomic E-state index is 5.61. The van der Waals surface area contributed by atoms with Gasteiger partial charge in [0.1, 0.15) is 0 Å². The smallest absolute Gasteiger partial charge is 0.0702 e. The summed E-state index contributed by atoms with van der Waals surface area (Å²) in [6.07, 6.45) is 2.31. The van der Waals surface area contributed by atoms with Crippen LogP contribution in [0, 0.1) is 5.92 Å². The average Bonchev–Trinajstić information content (AvgIpc) is 2.60. The summed E-state index contributed by atoms with van der Waals surface area (Å²) in [5.74, 6) is 6.22. The summed E-state index contributed by atoms with van der Waals surface area (Å²) in [6.45, 7) is 4.42. The van der Waals surface area contributed by atoms with Gasteiger partial charge in [0.15, 0.2) is 0 Å². The van der Waals surface area contributed by atoms with Gasteiger partial charge in [-0.1, -0.05) is 26.7 Å². The van der Waals surface area contributed by atoms with Crippen LogP contribution in [0.15, 0.2) is 15.9 Å². The molecule has 0 bridgehead atoms. The zero-order valence-corrected chi connectivity index (χ0v) is 11.0. The Labute approximate surface area is 98.0 Å². The molecule has 1 atom stereocenters. The summed E-state index contributed by atoms with van der Waals surface area (Å²) in [6, 6.07) is 4.51. The normalized spacial score (nSPS) is 13.5. The van der Waals surface area contributed by atoms with Gasteiger partial charge >= 0.3 is 0 Å². The monoisotopic (exact) mass is 276 g/mol. The van der Waals surface area contributed by atoms with Gasteiger partial charge in [0.25, 0.3) is 0 Å². The number of nitrogens with two attached hydrogens (primary N) is 1. The lowest BCUT2D eigenvalue weighted by Crippen LogP contribution is -2.32. The summed E-state index contributed by atoms with van der Waals surface area (Å²) >= 11 is 5.23. The van der Waals surface area contributed by atoms with Crippen molar-refractivity contribution in [3.63, 3.8) is 0 Å². The minimum Gasteiger partial charge on any atom is -0.271 e. The van der Waals surface area contributed by atoms with Crippen molar-refractivity contribution < 1.29 is 0 Å². The molecule has 1 aromatic rings. The van der Waals surface area contributed by atoms with Crippen LogP contribution in [-0.2, 0) is 0 Å². The third kappa shape index (κ3) is 2.79. The molecule has 1 aromatic heterocycles. The Morgan fingerprint density at radius 1 is 1.43 bits per heavy atom. The topological polar surface area (TPSA) is 38.0 Å². The molecule has 4 heteroatoms. The first-order valence-corrected chi connectivity index (χ1v) is 6.55. The molecule has 0 aromatic carbocycles. The van der Waals surface area contributed by atoms with Gasteiger partial charge in [-0.05, 0) is 34.0 Å². The van der Waals surface area contributed by atoms with Crippen molar-refractivity contribution in [1.82, 2.24) is 5.43 Å². The molecule has 0 saturated heterocycles. The van der Waals surface area contributed by atoms with Gasteiger partial charge < -0.3 is 0 Å². The highest BCUT2D eigenvalue weighted by Crippen LogP contribution is 2.33. The third-order valence-electron chi connectivity index (χ3n) is 2.60. The Morgan fingerprint density at radius 2 is 2.07 bits per heavy atom. The number of thiophene rings is 1. The van der Waals surface area contributed by atoms with E-state index in [2.05, 4.69) is 47.3 Å². The molecule has 80 valence electrons. The minimum atomic E-state index is 0.293. The molecular formula is C10H17BrN2S. The van der Waals surface area contributed by atoms with Crippen LogP contribution in [0.1, 0.15) is 37.6 Å². The lowest BCUT2D eigenvalue weighted by atomic mass is 9.93. The van der Waals surface area contributed by atoms with E-state index in [1.807, 2.05) is 0 Å². The zero-order chi connectivity index (χ0) is 10.6. The maximum Gasteiger partial charge on any atom is 0.0702 e. The fraction of sp³-hybridized carbons (Fsp3) is 0.600. The zero-order valence-electron chi connectivity index (χ0n) is 8.59. The summed E-state index contributed by atoms with van der Waals surface area (Å²) in [5, 5.41) is 0. The molecule has 0 aliphatic heterocycles. The van der Waals surface area contributed by atoms with E-state index in [1.165, 1.54) is 8.66 Å². The molecule has 1 heterocycles. The number of rotatable bonds is 5. The van der Waals surface area contributed by atoms with Crippen LogP contribution in [0.5, 0.6) is 0 Å². The second-order valence-corrected chi connectivity index (χ2v) is 5.86. The number of halogens is 1. The van der Waals surface area contributed by atoms with Gasteiger partial charge in [0.2, 0.25) is 0 Å². The van der Waals surface area contributed by atoms with Gasteiger partial charge in [0.05, 0.1) is 9.83 Å². The van der Waals surface area contributed by atoms with Gasteiger partial charge in [-0.25, -0.2) is 0 Å². The van der Waals surface area contributed by atoms with Gasteiger partial charge in [-0.3, -0.25) is 11.3 Å². The van der Waals surface area contributed by atoms with Crippen molar-refractivity contribution in [3.8, 4) is 0 Å². The molecule has 1 rings (SSSR count). The van der Waals surface area contributed by atoms with Crippen molar-refractivity contribution in [2.75, 3.05) is 0 Å². The van der Waals surface area contributed by atoms with E-state index >= 15 is 0 Å². The Balaban J connectivity index is 2.80. The molecule has 0 amide bonds. The summed E-state index contributed by atoms with van der Waals surface area (Å²) in [4.78, 5) is 1.31. The number of nitrogens with one attached hydrogen (secondary N) is 1. The lowest BCUT2D eigenvalue weighted by Gasteiger charge is -2.23. The highest BCUT2D eigenvalue weighted by molar-refractivity contribution is 9.11. The van der Waals surface area contributed by atoms with Crippen molar-refractivity contribution in [3.05, 3.63) is 20.8 Å². The molecule has 1 unspecified atom stereocenters. The van der Waals surface area contributed by atoms with Crippen molar-refractivity contribution >= 4 is 27.3 Å². The second-order valence-electron chi connectivity index (χ2n) is 3.36. The van der Waals surface area contributed by atoms with Gasteiger partial charge in [-0.15, -0.1) is 11.3 Å². The number of hydrogen-bond acceptors (Lipinski definition) is 3. The molecule has 0 aliphatic carbocycles. The van der Waals surface area contributed by atoms with Crippen LogP contribution in [0.3, 0.4) is 0 Å². The van der Waals surface area contributed by atoms with E-state index in [0.29, 0.717) is 12.0 Å². The second kappa shape index (κ2) is 5.85. The first-order valence-electron chi connectivity index (χ1n) is 4.94. The van der Waals surface area contributed by atoms with E-state index in [9.17, 15) is 0 Å². The average molecular weight is 277 g/mol. The molecule has 3 N–H and O–H groups in total. The molecule has 14 heavy (non-hydrogen) atoms. The Hall–Kier alpha value is 0.1000. The Morgan fingerprint density at radius 3 is 2.43 bits per heavy atom. The lowest BCUT2D eigenvalue weighted by molar-refractivity contribution is 0.350. The highest BCUT2D eigenvalue weighted by Gasteiger charge is 2.20. The first-order chi connectivity index (χ1) is 6.72. The van der Waals surface area contributed by atoms with Crippen molar-refractivity contribution in [1.29, 1.82) is 0 Å². The quantitative estimate of drug-likeness (QED) is 0.639. The number of hydrazine groups is 1. The Bertz CT molecular complexity index is 271. The molecule has 0 spiro atoms. The Kier molecular flexibility index (Phi) is 5.09. The number of hydrogen-bond donors (Lipinski definition) is 2. The first kappa shape index (κ1) is 12.2. The van der Waals surface area contributed by atoms with Crippen molar-refractivity contribution in [2.45, 2.75) is 32.7 Å². The fourth-order valence-corrected chi connectivity index (χ4v) is 3.28. The highest BCUT2D eigenvalue weighted by atomic mass is 79.9. The minimum absolute atomic E-state index is 0.293. The summed E-state index contributed by atoms with van der Waals surface area (Å²) in [5.41, 5.74) is 2.92. The SMILES string of the molecule is CCC(CC)C(NN)c1ccc(Br)s1. The van der Waals surface area contributed by atoms with Gasteiger partial charge in [0, 0.05) is 4.88 Å². The maximum atomic E-state index is 5.61. The fourth-order valence-electron chi connectivity index (χ4n) is 1.71. The third-order valence-corrected chi connectivity index (χ3v) is 4.31. The van der Waals surface area contributed by atoms with Crippen molar-refractivity contribution in [2.24, 2.45) is 11.8 Å². The standard InChI is InChI=1S/C10H17BrN2S/c1-3-7(4-2)10(13-12)8-5-6-9(11)14-8/h5-7,10,13H,3-4,12H2,1-2H3. The summed E-state index contributed by atoms with van der Waals surface area (Å²) < 4.78 is 1.17. The molecule has 0 saturated carbocycles. The van der Waals surface area contributed by atoms with Crippen LogP contribution in [0.4, 0.5) is 0 Å². The van der Waals surface area contributed by atoms with Crippen LogP contribution in [0.2, 0.25) is 0 Å². The van der Waals surface area contributed by atoms with Crippen LogP contribution >= 0.6 is 27.3 Å². The molecule has 0 aliphatic rings. The van der Waals surface area contributed by atoms with E-state index in [4.69, 9.17) is 5.84 Å². The van der Waals surface area contributed by atoms with E-state index in [0.717, 1.165) is 12.8 Å². The van der Waals surface area contributed by atoms with Crippen LogP contribution in [0.25, 0.3) is 0 Å². The van der Waals surface area contributed by atoms with Gasteiger partial charge in [-0.2, -0.15) is 0 Å². The van der Waals surface area contributed by atoms with Crippen LogP contribution < -0.4 is 11.3 Å². The van der Waals surface area contributed by atoms with E-state index < -0.39 is 0 Å². The van der Waals surface area contributed by atoms with Crippen LogP contribution in [-0.4, -0.2) is 0 Å².